The van der Waals surface area contributed by atoms with Gasteiger partial charge in [0.05, 0.1) is 16.9 Å². The molecule has 0 amide bonds. The summed E-state index contributed by atoms with van der Waals surface area (Å²) in [6.45, 7) is 4.60. The third-order valence-electron chi connectivity index (χ3n) is 5.75. The molecule has 5 rings (SSSR count). The molecule has 31 heavy (non-hydrogen) atoms. The maximum absolute atomic E-state index is 13.8. The zero-order valence-electron chi connectivity index (χ0n) is 17.3. The number of anilines is 2. The van der Waals surface area contributed by atoms with Gasteiger partial charge in [-0.3, -0.25) is 0 Å². The van der Waals surface area contributed by atoms with Gasteiger partial charge < -0.3 is 15.5 Å². The van der Waals surface area contributed by atoms with Crippen molar-refractivity contribution in [3.8, 4) is 0 Å². The van der Waals surface area contributed by atoms with Crippen molar-refractivity contribution < 1.29 is 8.78 Å². The van der Waals surface area contributed by atoms with Crippen LogP contribution in [-0.2, 0) is 6.42 Å². The van der Waals surface area contributed by atoms with Crippen LogP contribution in [0, 0.1) is 18.6 Å². The van der Waals surface area contributed by atoms with Crippen molar-refractivity contribution in [2.45, 2.75) is 25.8 Å². The number of nitrogens with zero attached hydrogens (tertiary/aromatic N) is 2. The Morgan fingerprint density at radius 3 is 2.87 bits per heavy atom. The first kappa shape index (κ1) is 20.2. The Labute approximate surface area is 184 Å². The molecule has 2 aliphatic rings. The fourth-order valence-corrected chi connectivity index (χ4v) is 5.18. The van der Waals surface area contributed by atoms with Crippen LogP contribution in [-0.4, -0.2) is 36.4 Å². The third-order valence-corrected chi connectivity index (χ3v) is 6.72. The van der Waals surface area contributed by atoms with Gasteiger partial charge in [0.25, 0.3) is 0 Å². The highest BCUT2D eigenvalue weighted by atomic mass is 32.1. The zero-order valence-corrected chi connectivity index (χ0v) is 18.1. The van der Waals surface area contributed by atoms with E-state index in [1.54, 1.807) is 29.5 Å². The predicted octanol–water partition coefficient (Wildman–Crippen LogP) is 5.38. The SMILES string of the molecule is Cc1cc2c(s1)Nc1cc(F)ccc1N=C2N1CCN[C@@H](CCc2cccc(F)c2)C1. The number of hydrogen-bond donors (Lipinski definition) is 2. The largest absolute Gasteiger partial charge is 0.353 e. The maximum atomic E-state index is 13.8. The number of thiophene rings is 1. The van der Waals surface area contributed by atoms with Crippen LogP contribution in [0.1, 0.15) is 22.4 Å². The summed E-state index contributed by atoms with van der Waals surface area (Å²) in [5, 5.41) is 7.97. The van der Waals surface area contributed by atoms with Gasteiger partial charge in [0.1, 0.15) is 22.5 Å². The molecule has 3 aromatic rings. The molecule has 3 heterocycles. The second kappa shape index (κ2) is 8.40. The molecular formula is C24H24F2N4S. The monoisotopic (exact) mass is 438 g/mol. The van der Waals surface area contributed by atoms with Crippen molar-refractivity contribution in [3.05, 3.63) is 76.2 Å². The second-order valence-electron chi connectivity index (χ2n) is 8.09. The highest BCUT2D eigenvalue weighted by Crippen LogP contribution is 2.39. The molecule has 0 spiro atoms. The summed E-state index contributed by atoms with van der Waals surface area (Å²) >= 11 is 1.66. The van der Waals surface area contributed by atoms with Gasteiger partial charge in [-0.15, -0.1) is 11.3 Å². The lowest BCUT2D eigenvalue weighted by Gasteiger charge is -2.36. The van der Waals surface area contributed by atoms with Crippen LogP contribution >= 0.6 is 11.3 Å². The molecule has 1 aromatic heterocycles. The topological polar surface area (TPSA) is 39.7 Å². The molecule has 4 nitrogen and oxygen atoms in total. The van der Waals surface area contributed by atoms with Crippen LogP contribution in [0.5, 0.6) is 0 Å². The van der Waals surface area contributed by atoms with Gasteiger partial charge in [-0.25, -0.2) is 13.8 Å². The van der Waals surface area contributed by atoms with E-state index >= 15 is 0 Å². The minimum Gasteiger partial charge on any atom is -0.353 e. The summed E-state index contributed by atoms with van der Waals surface area (Å²) in [4.78, 5) is 8.47. The van der Waals surface area contributed by atoms with Crippen molar-refractivity contribution in [1.82, 2.24) is 10.2 Å². The number of halogens is 2. The van der Waals surface area contributed by atoms with E-state index in [0.717, 1.165) is 60.1 Å². The quantitative estimate of drug-likeness (QED) is 0.577. The highest BCUT2D eigenvalue weighted by Gasteiger charge is 2.27. The highest BCUT2D eigenvalue weighted by molar-refractivity contribution is 7.16. The van der Waals surface area contributed by atoms with Gasteiger partial charge in [-0.1, -0.05) is 12.1 Å². The lowest BCUT2D eigenvalue weighted by Crippen LogP contribution is -2.52. The van der Waals surface area contributed by atoms with Crippen LogP contribution in [0.4, 0.5) is 25.2 Å². The fraction of sp³-hybridized carbons (Fsp3) is 0.292. The van der Waals surface area contributed by atoms with E-state index in [1.165, 1.54) is 23.1 Å². The molecule has 1 saturated heterocycles. The van der Waals surface area contributed by atoms with Gasteiger partial charge in [-0.2, -0.15) is 0 Å². The molecule has 2 aliphatic heterocycles. The van der Waals surface area contributed by atoms with E-state index in [4.69, 9.17) is 4.99 Å². The summed E-state index contributed by atoms with van der Waals surface area (Å²) in [7, 11) is 0. The smallest absolute Gasteiger partial charge is 0.139 e. The van der Waals surface area contributed by atoms with Gasteiger partial charge in [0, 0.05) is 30.6 Å². The number of aryl methyl sites for hydroxylation is 2. The van der Waals surface area contributed by atoms with E-state index in [-0.39, 0.29) is 17.7 Å². The molecule has 0 bridgehead atoms. The lowest BCUT2D eigenvalue weighted by atomic mass is 10.0. The summed E-state index contributed by atoms with van der Waals surface area (Å²) in [6.07, 6.45) is 1.74. The standard InChI is InChI=1S/C24H24F2N4S/c1-15-11-20-23(28-21-8-6-18(26)13-22(21)29-24(20)31-15)30-10-9-27-19(14-30)7-5-16-3-2-4-17(25)12-16/h2-4,6,8,11-13,19,27,29H,5,7,9-10,14H2,1H3/t19-/m0/s1. The minimum atomic E-state index is -0.278. The van der Waals surface area contributed by atoms with Gasteiger partial charge in [0.15, 0.2) is 0 Å². The molecular weight excluding hydrogens is 414 g/mol. The predicted molar refractivity (Wildman–Crippen MR) is 123 cm³/mol. The number of benzene rings is 2. The molecule has 0 unspecified atom stereocenters. The molecule has 2 aromatic carbocycles. The van der Waals surface area contributed by atoms with Crippen molar-refractivity contribution in [2.75, 3.05) is 25.0 Å². The summed E-state index contributed by atoms with van der Waals surface area (Å²) < 4.78 is 27.3. The van der Waals surface area contributed by atoms with Crippen molar-refractivity contribution in [3.63, 3.8) is 0 Å². The number of hydrogen-bond acceptors (Lipinski definition) is 5. The number of aliphatic imine (C=N–C) groups is 1. The Kier molecular flexibility index (Phi) is 5.46. The van der Waals surface area contributed by atoms with Gasteiger partial charge in [0.2, 0.25) is 0 Å². The average molecular weight is 439 g/mol. The number of fused-ring (bicyclic) bond motifs is 2. The van der Waals surface area contributed by atoms with Crippen molar-refractivity contribution >= 4 is 33.5 Å². The number of amidine groups is 1. The maximum Gasteiger partial charge on any atom is 0.139 e. The van der Waals surface area contributed by atoms with Gasteiger partial charge in [-0.05, 0) is 61.7 Å². The van der Waals surface area contributed by atoms with Crippen LogP contribution in [0.2, 0.25) is 0 Å². The van der Waals surface area contributed by atoms with Crippen molar-refractivity contribution in [1.29, 1.82) is 0 Å². The van der Waals surface area contributed by atoms with Crippen LogP contribution < -0.4 is 10.6 Å². The Hall–Kier alpha value is -2.77. The first-order chi connectivity index (χ1) is 15.0. The molecule has 1 atom stereocenters. The molecule has 0 aliphatic carbocycles. The molecule has 7 heteroatoms. The molecule has 0 saturated carbocycles. The van der Waals surface area contributed by atoms with Crippen molar-refractivity contribution in [2.24, 2.45) is 4.99 Å². The van der Waals surface area contributed by atoms with Gasteiger partial charge >= 0.3 is 0 Å². The third kappa shape index (κ3) is 4.34. The van der Waals surface area contributed by atoms with E-state index < -0.39 is 0 Å². The number of piperazine rings is 1. The van der Waals surface area contributed by atoms with Crippen LogP contribution in [0.3, 0.4) is 0 Å². The van der Waals surface area contributed by atoms with Crippen LogP contribution in [0.25, 0.3) is 0 Å². The van der Waals surface area contributed by atoms with E-state index in [0.29, 0.717) is 5.69 Å². The second-order valence-corrected chi connectivity index (χ2v) is 9.34. The lowest BCUT2D eigenvalue weighted by molar-refractivity contribution is 0.282. The number of rotatable bonds is 3. The Balaban J connectivity index is 1.40. The Morgan fingerprint density at radius 1 is 1.13 bits per heavy atom. The molecule has 160 valence electrons. The summed E-state index contributed by atoms with van der Waals surface area (Å²) in [6, 6.07) is 13.9. The Morgan fingerprint density at radius 2 is 2.00 bits per heavy atom. The Bertz CT molecular complexity index is 1140. The van der Waals surface area contributed by atoms with Crippen LogP contribution in [0.15, 0.2) is 53.5 Å². The average Bonchev–Trinajstić information content (AvgIpc) is 3.04. The first-order valence-electron chi connectivity index (χ1n) is 10.5. The van der Waals surface area contributed by atoms with E-state index in [2.05, 4.69) is 28.5 Å². The molecule has 0 radical (unpaired) electrons. The minimum absolute atomic E-state index is 0.188. The zero-order chi connectivity index (χ0) is 21.4. The molecule has 2 N–H and O–H groups in total. The normalized spacial score (nSPS) is 18.0. The number of nitrogens with one attached hydrogen (secondary N) is 2. The fourth-order valence-electron chi connectivity index (χ4n) is 4.26. The summed E-state index contributed by atoms with van der Waals surface area (Å²) in [5.41, 5.74) is 3.51. The summed E-state index contributed by atoms with van der Waals surface area (Å²) in [5.74, 6) is 0.459. The first-order valence-corrected chi connectivity index (χ1v) is 11.4. The van der Waals surface area contributed by atoms with E-state index in [1.807, 2.05) is 6.07 Å². The van der Waals surface area contributed by atoms with E-state index in [9.17, 15) is 8.78 Å². The molecule has 1 fully saturated rings.